The number of urea groups is 1. The number of fused-ring (bicyclic) bond motifs is 1. The van der Waals surface area contributed by atoms with Crippen molar-refractivity contribution >= 4 is 23.3 Å². The first kappa shape index (κ1) is 29.8. The molecule has 3 amide bonds. The maximum absolute atomic E-state index is 14.3. The highest BCUT2D eigenvalue weighted by atomic mass is 19.4. The largest absolute Gasteiger partial charge is 0.497 e. The van der Waals surface area contributed by atoms with Crippen molar-refractivity contribution in [3.63, 3.8) is 0 Å². The summed E-state index contributed by atoms with van der Waals surface area (Å²) in [5.41, 5.74) is 6.12. The molecule has 4 aromatic rings. The van der Waals surface area contributed by atoms with Crippen LogP contribution in [-0.2, 0) is 6.18 Å². The standard InChI is InChI=1S/C30H32F3N7O3/c1-17-16-38(19(3)21-6-5-7-22(14-21)36-29(34)42)12-13-39(17)28(41)24-15-35-40-26(30(31,32)33)18(2)25(37-27(24)40)20-8-10-23(43-4)11-9-20/h5-11,14-15,17,19H,12-13,16H2,1-4H3,(H3,34,36,42)/t17-,19+/m1/s1. The maximum Gasteiger partial charge on any atom is 0.433 e. The monoisotopic (exact) mass is 595 g/mol. The van der Waals surface area contributed by atoms with E-state index in [1.54, 1.807) is 35.2 Å². The molecule has 43 heavy (non-hydrogen) atoms. The Morgan fingerprint density at radius 2 is 1.86 bits per heavy atom. The summed E-state index contributed by atoms with van der Waals surface area (Å²) in [6.45, 7) is 6.68. The van der Waals surface area contributed by atoms with Gasteiger partial charge in [-0.3, -0.25) is 9.69 Å². The Kier molecular flexibility index (Phi) is 8.02. The molecular weight excluding hydrogens is 563 g/mol. The second-order valence-electron chi connectivity index (χ2n) is 10.6. The van der Waals surface area contributed by atoms with Crippen molar-refractivity contribution in [1.29, 1.82) is 0 Å². The molecule has 2 aromatic heterocycles. The predicted octanol–water partition coefficient (Wildman–Crippen LogP) is 5.13. The minimum absolute atomic E-state index is 0.00108. The van der Waals surface area contributed by atoms with Crippen LogP contribution >= 0.6 is 0 Å². The topological polar surface area (TPSA) is 118 Å². The highest BCUT2D eigenvalue weighted by Crippen LogP contribution is 2.37. The van der Waals surface area contributed by atoms with Crippen LogP contribution < -0.4 is 15.8 Å². The number of hydrogen-bond acceptors (Lipinski definition) is 6. The SMILES string of the molecule is COc1ccc(-c2nc3c(C(=O)N4CCN([C@@H](C)c5cccc(NC(N)=O)c5)C[C@H]4C)cnn3c(C(F)(F)F)c2C)cc1. The van der Waals surface area contributed by atoms with E-state index in [1.807, 2.05) is 32.0 Å². The van der Waals surface area contributed by atoms with Gasteiger partial charge in [0.05, 0.1) is 19.0 Å². The normalized spacial score (nSPS) is 16.7. The first-order valence-electron chi connectivity index (χ1n) is 13.7. The van der Waals surface area contributed by atoms with Crippen LogP contribution in [0.2, 0.25) is 0 Å². The zero-order valence-corrected chi connectivity index (χ0v) is 24.1. The summed E-state index contributed by atoms with van der Waals surface area (Å²) in [5.74, 6) is 0.115. The van der Waals surface area contributed by atoms with Crippen molar-refractivity contribution in [2.45, 2.75) is 39.0 Å². The van der Waals surface area contributed by atoms with Crippen molar-refractivity contribution in [1.82, 2.24) is 24.4 Å². The Bertz CT molecular complexity index is 1670. The number of carbonyl (C=O) groups excluding carboxylic acids is 2. The van der Waals surface area contributed by atoms with E-state index in [2.05, 4.69) is 20.3 Å². The van der Waals surface area contributed by atoms with Crippen molar-refractivity contribution < 1.29 is 27.5 Å². The number of hydrogen-bond donors (Lipinski definition) is 2. The van der Waals surface area contributed by atoms with Crippen molar-refractivity contribution in [3.05, 3.63) is 77.1 Å². The molecule has 1 fully saturated rings. The molecule has 0 aliphatic carbocycles. The third kappa shape index (κ3) is 5.85. The van der Waals surface area contributed by atoms with Crippen molar-refractivity contribution in [3.8, 4) is 17.0 Å². The van der Waals surface area contributed by atoms with Crippen molar-refractivity contribution in [2.24, 2.45) is 5.73 Å². The van der Waals surface area contributed by atoms with Crippen molar-refractivity contribution in [2.75, 3.05) is 32.1 Å². The number of aromatic nitrogens is 3. The van der Waals surface area contributed by atoms with Crippen LogP contribution in [0.15, 0.2) is 54.7 Å². The number of nitrogens with zero attached hydrogens (tertiary/aromatic N) is 5. The van der Waals surface area contributed by atoms with Crippen LogP contribution in [0.25, 0.3) is 16.9 Å². The molecular formula is C30H32F3N7O3. The number of halogens is 3. The minimum atomic E-state index is -4.74. The van der Waals surface area contributed by atoms with Gasteiger partial charge < -0.3 is 20.7 Å². The summed E-state index contributed by atoms with van der Waals surface area (Å²) in [5, 5.41) is 6.56. The highest BCUT2D eigenvalue weighted by molar-refractivity contribution is 6.00. The maximum atomic E-state index is 14.3. The van der Waals surface area contributed by atoms with Gasteiger partial charge in [-0.25, -0.2) is 14.3 Å². The fraction of sp³-hybridized carbons (Fsp3) is 0.333. The van der Waals surface area contributed by atoms with Crippen LogP contribution in [0.3, 0.4) is 0 Å². The Balaban J connectivity index is 1.44. The van der Waals surface area contributed by atoms with Crippen LogP contribution in [0.4, 0.5) is 23.7 Å². The lowest BCUT2D eigenvalue weighted by Crippen LogP contribution is -2.54. The summed E-state index contributed by atoms with van der Waals surface area (Å²) in [7, 11) is 1.50. The van der Waals surface area contributed by atoms with Gasteiger partial charge in [0.25, 0.3) is 5.91 Å². The smallest absolute Gasteiger partial charge is 0.433 e. The van der Waals surface area contributed by atoms with E-state index in [0.29, 0.717) is 41.2 Å². The van der Waals surface area contributed by atoms with Crippen LogP contribution in [0.5, 0.6) is 5.75 Å². The van der Waals surface area contributed by atoms with Gasteiger partial charge in [0, 0.05) is 48.5 Å². The number of nitrogens with one attached hydrogen (secondary N) is 1. The molecule has 0 bridgehead atoms. The fourth-order valence-corrected chi connectivity index (χ4v) is 5.61. The molecule has 2 atom stereocenters. The van der Waals surface area contributed by atoms with E-state index >= 15 is 0 Å². The Labute approximate surface area is 246 Å². The van der Waals surface area contributed by atoms with Crippen LogP contribution in [0.1, 0.15) is 47.1 Å². The van der Waals surface area contributed by atoms with Gasteiger partial charge in [-0.1, -0.05) is 12.1 Å². The third-order valence-electron chi connectivity index (χ3n) is 7.85. The third-order valence-corrected chi connectivity index (χ3v) is 7.85. The fourth-order valence-electron chi connectivity index (χ4n) is 5.61. The molecule has 1 saturated heterocycles. The lowest BCUT2D eigenvalue weighted by atomic mass is 10.0. The van der Waals surface area contributed by atoms with Gasteiger partial charge in [0.1, 0.15) is 11.3 Å². The highest BCUT2D eigenvalue weighted by Gasteiger charge is 2.39. The van der Waals surface area contributed by atoms with Crippen LogP contribution in [0, 0.1) is 6.92 Å². The second-order valence-corrected chi connectivity index (χ2v) is 10.6. The number of alkyl halides is 3. The van der Waals surface area contributed by atoms with E-state index in [9.17, 15) is 22.8 Å². The summed E-state index contributed by atoms with van der Waals surface area (Å²) in [4.78, 5) is 33.5. The van der Waals surface area contributed by atoms with Gasteiger partial charge >= 0.3 is 12.2 Å². The number of methoxy groups -OCH3 is 1. The molecule has 0 radical (unpaired) electrons. The number of primary amides is 1. The number of carbonyl (C=O) groups is 2. The molecule has 3 N–H and O–H groups in total. The first-order chi connectivity index (χ1) is 20.4. The van der Waals surface area contributed by atoms with E-state index in [0.717, 1.165) is 11.8 Å². The number of anilines is 1. The number of piperazine rings is 1. The molecule has 2 aromatic carbocycles. The molecule has 13 heteroatoms. The molecule has 0 spiro atoms. The summed E-state index contributed by atoms with van der Waals surface area (Å²) >= 11 is 0. The summed E-state index contributed by atoms with van der Waals surface area (Å²) < 4.78 is 48.9. The molecule has 0 unspecified atom stereocenters. The molecule has 0 saturated carbocycles. The van der Waals surface area contributed by atoms with Gasteiger partial charge in [0.15, 0.2) is 11.3 Å². The first-order valence-corrected chi connectivity index (χ1v) is 13.7. The number of amides is 3. The van der Waals surface area contributed by atoms with E-state index in [-0.39, 0.29) is 34.6 Å². The number of benzene rings is 2. The Hall–Kier alpha value is -4.65. The zero-order valence-electron chi connectivity index (χ0n) is 24.1. The van der Waals surface area contributed by atoms with E-state index in [1.165, 1.54) is 14.0 Å². The second kappa shape index (κ2) is 11.6. The molecule has 1 aliphatic heterocycles. The van der Waals surface area contributed by atoms with Gasteiger partial charge in [-0.15, -0.1) is 0 Å². The minimum Gasteiger partial charge on any atom is -0.497 e. The zero-order chi connectivity index (χ0) is 31.1. The van der Waals surface area contributed by atoms with E-state index < -0.39 is 23.8 Å². The number of ether oxygens (including phenoxy) is 1. The average Bonchev–Trinajstić information content (AvgIpc) is 3.38. The molecule has 5 rings (SSSR count). The molecule has 10 nitrogen and oxygen atoms in total. The van der Waals surface area contributed by atoms with Gasteiger partial charge in [-0.2, -0.15) is 18.3 Å². The quantitative estimate of drug-likeness (QED) is 0.319. The summed E-state index contributed by atoms with van der Waals surface area (Å²) in [6.07, 6.45) is -3.58. The average molecular weight is 596 g/mol. The van der Waals surface area contributed by atoms with Crippen LogP contribution in [-0.4, -0.2) is 69.1 Å². The number of nitrogens with two attached hydrogens (primary N) is 1. The molecule has 3 heterocycles. The van der Waals surface area contributed by atoms with Gasteiger partial charge in [0.2, 0.25) is 0 Å². The lowest BCUT2D eigenvalue weighted by Gasteiger charge is -2.42. The molecule has 226 valence electrons. The Morgan fingerprint density at radius 1 is 1.14 bits per heavy atom. The Morgan fingerprint density at radius 3 is 2.49 bits per heavy atom. The van der Waals surface area contributed by atoms with Gasteiger partial charge in [-0.05, 0) is 62.7 Å². The summed E-state index contributed by atoms with van der Waals surface area (Å²) in [6, 6.07) is 13.0. The number of rotatable bonds is 6. The lowest BCUT2D eigenvalue weighted by molar-refractivity contribution is -0.143. The van der Waals surface area contributed by atoms with E-state index in [4.69, 9.17) is 10.5 Å². The molecule has 1 aliphatic rings. The predicted molar refractivity (Wildman–Crippen MR) is 155 cm³/mol.